The molecule has 13 aromatic rings. The first-order chi connectivity index (χ1) is 35.0. The van der Waals surface area contributed by atoms with Crippen LogP contribution in [0.25, 0.3) is 76.9 Å². The Morgan fingerprint density at radius 1 is 0.296 bits per heavy atom. The highest BCUT2D eigenvalue weighted by molar-refractivity contribution is 6.12. The minimum atomic E-state index is -0.322. The highest BCUT2D eigenvalue weighted by Crippen LogP contribution is 2.53. The number of benzene rings is 11. The van der Waals surface area contributed by atoms with Gasteiger partial charge in [0.05, 0.1) is 27.8 Å². The number of nitrogens with zero attached hydrogens (tertiary/aromatic N) is 4. The minimum absolute atomic E-state index is 0.322. The van der Waals surface area contributed by atoms with E-state index in [1.807, 2.05) is 0 Å². The third kappa shape index (κ3) is 6.31. The van der Waals surface area contributed by atoms with Gasteiger partial charge >= 0.3 is 0 Å². The molecule has 1 aliphatic rings. The Morgan fingerprint density at radius 3 is 1.24 bits per heavy atom. The number of para-hydroxylation sites is 6. The van der Waals surface area contributed by atoms with Gasteiger partial charge in [0.25, 0.3) is 0 Å². The summed E-state index contributed by atoms with van der Waals surface area (Å²) in [6, 6.07) is 93.4. The molecule has 336 valence electrons. The van der Waals surface area contributed by atoms with E-state index in [4.69, 9.17) is 0 Å². The van der Waals surface area contributed by atoms with Gasteiger partial charge in [-0.25, -0.2) is 0 Å². The maximum Gasteiger partial charge on any atom is 0.0541 e. The molecule has 11 aromatic carbocycles. The molecule has 0 bridgehead atoms. The predicted octanol–water partition coefficient (Wildman–Crippen LogP) is 18.3. The van der Waals surface area contributed by atoms with E-state index in [1.165, 1.54) is 76.6 Å². The first-order valence-corrected chi connectivity index (χ1v) is 24.6. The molecule has 4 nitrogen and oxygen atoms in total. The van der Waals surface area contributed by atoms with Crippen LogP contribution in [0.3, 0.4) is 0 Å². The van der Waals surface area contributed by atoms with Crippen molar-refractivity contribution in [3.8, 4) is 22.5 Å². The minimum Gasteiger partial charge on any atom is -0.310 e. The van der Waals surface area contributed by atoms with Gasteiger partial charge in [0.15, 0.2) is 0 Å². The van der Waals surface area contributed by atoms with E-state index in [9.17, 15) is 0 Å². The Labute approximate surface area is 413 Å². The second-order valence-electron chi connectivity index (χ2n) is 19.3. The third-order valence-corrected chi connectivity index (χ3v) is 15.0. The molecular weight excluding hydrogens is 861 g/mol. The van der Waals surface area contributed by atoms with E-state index in [2.05, 4.69) is 288 Å². The topological polar surface area (TPSA) is 16.3 Å². The number of fused-ring (bicyclic) bond motifs is 8. The zero-order valence-electron chi connectivity index (χ0n) is 39.5. The Morgan fingerprint density at radius 2 is 0.704 bits per heavy atom. The number of hydrogen-bond donors (Lipinski definition) is 0. The van der Waals surface area contributed by atoms with Crippen molar-refractivity contribution in [1.82, 2.24) is 9.13 Å². The van der Waals surface area contributed by atoms with E-state index in [0.29, 0.717) is 0 Å². The van der Waals surface area contributed by atoms with Crippen molar-refractivity contribution in [2.75, 3.05) is 9.80 Å². The predicted molar refractivity (Wildman–Crippen MR) is 300 cm³/mol. The van der Waals surface area contributed by atoms with Crippen LogP contribution in [-0.2, 0) is 5.41 Å². The molecule has 0 radical (unpaired) electrons. The van der Waals surface area contributed by atoms with Gasteiger partial charge in [0.2, 0.25) is 0 Å². The summed E-state index contributed by atoms with van der Waals surface area (Å²) < 4.78 is 4.81. The molecule has 0 spiro atoms. The largest absolute Gasteiger partial charge is 0.310 e. The summed E-state index contributed by atoms with van der Waals surface area (Å²) in [5.41, 5.74) is 18.5. The highest BCUT2D eigenvalue weighted by Gasteiger charge is 2.35. The van der Waals surface area contributed by atoms with Crippen molar-refractivity contribution in [3.05, 3.63) is 266 Å². The van der Waals surface area contributed by atoms with Gasteiger partial charge < -0.3 is 18.9 Å². The van der Waals surface area contributed by atoms with Crippen molar-refractivity contribution in [2.24, 2.45) is 0 Å². The Hall–Kier alpha value is -9.12. The molecule has 1 aliphatic carbocycles. The number of hydrogen-bond acceptors (Lipinski definition) is 2. The van der Waals surface area contributed by atoms with E-state index < -0.39 is 0 Å². The lowest BCUT2D eigenvalue weighted by molar-refractivity contribution is 0.645. The van der Waals surface area contributed by atoms with Gasteiger partial charge in [-0.15, -0.1) is 0 Å². The fourth-order valence-electron chi connectivity index (χ4n) is 11.9. The fourth-order valence-corrected chi connectivity index (χ4v) is 11.9. The van der Waals surface area contributed by atoms with Crippen LogP contribution in [0.15, 0.2) is 255 Å². The standard InChI is InChI=1S/C67H48N4/c1-67(2)59-33-19-32-58-65(69(46-22-7-4-8-23-46)48-25-18-27-50(43-48)71-63-36-15-11-30-55(63)56-31-12-16-37-64(56)71)41-40-57(66(58)59)52-39-38-51(44-60(52)67)68(45-20-5-3-6-21-45)47-24-17-26-49(42-47)70-61-34-13-9-28-53(61)54-29-10-14-35-62(54)70/h3-44H,1-2H3. The van der Waals surface area contributed by atoms with E-state index in [-0.39, 0.29) is 5.41 Å². The summed E-state index contributed by atoms with van der Waals surface area (Å²) in [5.74, 6) is 0. The average Bonchev–Trinajstić information content (AvgIpc) is 3.95. The van der Waals surface area contributed by atoms with E-state index >= 15 is 0 Å². The number of anilines is 6. The van der Waals surface area contributed by atoms with Crippen LogP contribution < -0.4 is 9.80 Å². The zero-order chi connectivity index (χ0) is 47.2. The second-order valence-corrected chi connectivity index (χ2v) is 19.3. The summed E-state index contributed by atoms with van der Waals surface area (Å²) in [4.78, 5) is 4.86. The molecule has 0 unspecified atom stereocenters. The molecule has 2 aromatic heterocycles. The van der Waals surface area contributed by atoms with Gasteiger partial charge in [-0.3, -0.25) is 0 Å². The summed E-state index contributed by atoms with van der Waals surface area (Å²) in [5, 5.41) is 7.54. The summed E-state index contributed by atoms with van der Waals surface area (Å²) >= 11 is 0. The maximum absolute atomic E-state index is 2.45. The van der Waals surface area contributed by atoms with E-state index in [1.54, 1.807) is 0 Å². The molecule has 14 rings (SSSR count). The van der Waals surface area contributed by atoms with Crippen molar-refractivity contribution < 1.29 is 0 Å². The van der Waals surface area contributed by atoms with Crippen molar-refractivity contribution in [2.45, 2.75) is 19.3 Å². The van der Waals surface area contributed by atoms with Crippen LogP contribution in [0.4, 0.5) is 34.1 Å². The Kier molecular flexibility index (Phi) is 9.21. The van der Waals surface area contributed by atoms with Gasteiger partial charge in [0.1, 0.15) is 0 Å². The first kappa shape index (κ1) is 40.9. The first-order valence-electron chi connectivity index (χ1n) is 24.6. The Bertz CT molecular complexity index is 4110. The lowest BCUT2D eigenvalue weighted by Gasteiger charge is -2.37. The fraction of sp³-hybridized carbons (Fsp3) is 0.0448. The van der Waals surface area contributed by atoms with Crippen molar-refractivity contribution in [3.63, 3.8) is 0 Å². The second kappa shape index (κ2) is 16.0. The monoisotopic (exact) mass is 908 g/mol. The maximum atomic E-state index is 2.45. The lowest BCUT2D eigenvalue weighted by atomic mass is 9.68. The zero-order valence-corrected chi connectivity index (χ0v) is 39.5. The van der Waals surface area contributed by atoms with Crippen LogP contribution in [-0.4, -0.2) is 9.13 Å². The lowest BCUT2D eigenvalue weighted by Crippen LogP contribution is -2.24. The molecule has 0 atom stereocenters. The molecule has 0 saturated carbocycles. The van der Waals surface area contributed by atoms with Crippen LogP contribution in [0.5, 0.6) is 0 Å². The quantitative estimate of drug-likeness (QED) is 0.151. The van der Waals surface area contributed by atoms with Crippen LogP contribution in [0, 0.1) is 0 Å². The van der Waals surface area contributed by atoms with Gasteiger partial charge in [-0.1, -0.05) is 166 Å². The summed E-state index contributed by atoms with van der Waals surface area (Å²) in [7, 11) is 0. The Balaban J connectivity index is 0.915. The molecule has 2 heterocycles. The molecule has 71 heavy (non-hydrogen) atoms. The molecule has 0 fully saturated rings. The number of aromatic nitrogens is 2. The molecular formula is C67H48N4. The van der Waals surface area contributed by atoms with Gasteiger partial charge in [-0.2, -0.15) is 0 Å². The van der Waals surface area contributed by atoms with Crippen molar-refractivity contribution in [1.29, 1.82) is 0 Å². The summed E-state index contributed by atoms with van der Waals surface area (Å²) in [6.07, 6.45) is 0. The van der Waals surface area contributed by atoms with Gasteiger partial charge in [0, 0.05) is 72.2 Å². The highest BCUT2D eigenvalue weighted by atomic mass is 15.2. The molecule has 0 aliphatic heterocycles. The molecule has 0 saturated heterocycles. The average molecular weight is 909 g/mol. The van der Waals surface area contributed by atoms with E-state index in [0.717, 1.165) is 45.5 Å². The smallest absolute Gasteiger partial charge is 0.0541 e. The molecule has 0 N–H and O–H groups in total. The molecule has 4 heteroatoms. The van der Waals surface area contributed by atoms with Crippen molar-refractivity contribution >= 4 is 88.5 Å². The van der Waals surface area contributed by atoms with Gasteiger partial charge in [-0.05, 0) is 131 Å². The van der Waals surface area contributed by atoms with Crippen LogP contribution >= 0.6 is 0 Å². The SMILES string of the molecule is CC1(C)c2cc(N(c3ccccc3)c3cccc(-n4c5ccccc5c5ccccc54)c3)ccc2-c2ccc(N(c3ccccc3)c3cccc(-n4c5ccccc5c5ccccc54)c3)c3cccc1c23. The normalized spacial score (nSPS) is 12.8. The molecule has 0 amide bonds. The van der Waals surface area contributed by atoms with Crippen LogP contribution in [0.1, 0.15) is 25.0 Å². The third-order valence-electron chi connectivity index (χ3n) is 15.0. The van der Waals surface area contributed by atoms with Crippen LogP contribution in [0.2, 0.25) is 0 Å². The summed E-state index contributed by atoms with van der Waals surface area (Å²) in [6.45, 7) is 4.81. The number of rotatable bonds is 8.